The summed E-state index contributed by atoms with van der Waals surface area (Å²) in [4.78, 5) is 15.0. The van der Waals surface area contributed by atoms with E-state index in [-0.39, 0.29) is 0 Å². The number of fused-ring (bicyclic) bond motifs is 1. The first kappa shape index (κ1) is 19.3. The zero-order valence-electron chi connectivity index (χ0n) is 17.1. The maximum absolute atomic E-state index is 4.73. The molecular weight excluding hydrogens is 360 g/mol. The summed E-state index contributed by atoms with van der Waals surface area (Å²) in [5, 5.41) is 8.07. The van der Waals surface area contributed by atoms with Gasteiger partial charge in [-0.3, -0.25) is 0 Å². The molecule has 0 spiro atoms. The van der Waals surface area contributed by atoms with Crippen LogP contribution in [0.1, 0.15) is 30.9 Å². The summed E-state index contributed by atoms with van der Waals surface area (Å²) < 4.78 is 0. The average Bonchev–Trinajstić information content (AvgIpc) is 3.43. The molecule has 1 saturated heterocycles. The Morgan fingerprint density at radius 3 is 2.79 bits per heavy atom. The number of aromatic amines is 1. The third-order valence-corrected chi connectivity index (χ3v) is 5.36. The predicted octanol–water partition coefficient (Wildman–Crippen LogP) is 3.46. The van der Waals surface area contributed by atoms with Crippen molar-refractivity contribution in [3.8, 4) is 0 Å². The Balaban J connectivity index is 1.32. The largest absolute Gasteiger partial charge is 0.361 e. The van der Waals surface area contributed by atoms with Gasteiger partial charge >= 0.3 is 0 Å². The predicted molar refractivity (Wildman–Crippen MR) is 121 cm³/mol. The third kappa shape index (κ3) is 4.88. The Kier molecular flexibility index (Phi) is 6.29. The highest BCUT2D eigenvalue weighted by molar-refractivity contribution is 5.83. The van der Waals surface area contributed by atoms with Crippen molar-refractivity contribution in [1.82, 2.24) is 20.6 Å². The van der Waals surface area contributed by atoms with E-state index >= 15 is 0 Å². The molecule has 0 unspecified atom stereocenters. The van der Waals surface area contributed by atoms with Crippen LogP contribution in [0.5, 0.6) is 0 Å². The number of para-hydroxylation sites is 1. The number of aliphatic imine (C=N–C) groups is 1. The molecule has 1 fully saturated rings. The number of hydrogen-bond donors (Lipinski definition) is 3. The van der Waals surface area contributed by atoms with Crippen LogP contribution in [-0.4, -0.2) is 42.1 Å². The normalized spacial score (nSPS) is 14.5. The van der Waals surface area contributed by atoms with Gasteiger partial charge in [0.05, 0.1) is 6.54 Å². The van der Waals surface area contributed by atoms with E-state index < -0.39 is 0 Å². The molecule has 29 heavy (non-hydrogen) atoms. The van der Waals surface area contributed by atoms with E-state index in [0.29, 0.717) is 6.54 Å². The van der Waals surface area contributed by atoms with Gasteiger partial charge in [-0.1, -0.05) is 24.3 Å². The molecule has 0 radical (unpaired) electrons. The van der Waals surface area contributed by atoms with Crippen LogP contribution in [0.25, 0.3) is 10.9 Å². The summed E-state index contributed by atoms with van der Waals surface area (Å²) in [6.07, 6.45) is 7.53. The molecule has 0 atom stereocenters. The molecule has 3 heterocycles. The van der Waals surface area contributed by atoms with Gasteiger partial charge in [-0.2, -0.15) is 0 Å². The van der Waals surface area contributed by atoms with Crippen molar-refractivity contribution in [3.05, 3.63) is 59.9 Å². The van der Waals surface area contributed by atoms with Crippen molar-refractivity contribution in [2.75, 3.05) is 31.1 Å². The lowest BCUT2D eigenvalue weighted by atomic mass is 10.1. The molecule has 2 aromatic heterocycles. The van der Waals surface area contributed by atoms with Crippen LogP contribution in [0, 0.1) is 0 Å². The molecule has 3 N–H and O–H groups in total. The Morgan fingerprint density at radius 1 is 1.14 bits per heavy atom. The maximum atomic E-state index is 4.73. The fraction of sp³-hybridized carbons (Fsp3) is 0.391. The number of nitrogens with one attached hydrogen (secondary N) is 3. The highest BCUT2D eigenvalue weighted by Crippen LogP contribution is 2.18. The SMILES string of the molecule is CCNC(=NCc1ccc(N2CCCC2)nc1)NCCc1c[nH]c2ccccc12. The van der Waals surface area contributed by atoms with E-state index in [0.717, 1.165) is 49.9 Å². The third-order valence-electron chi connectivity index (χ3n) is 5.36. The lowest BCUT2D eigenvalue weighted by molar-refractivity contribution is 0.801. The quantitative estimate of drug-likeness (QED) is 0.427. The van der Waals surface area contributed by atoms with E-state index in [1.54, 1.807) is 0 Å². The standard InChI is InChI=1S/C23H30N6/c1-2-24-23(25-12-11-19-17-26-21-8-4-3-7-20(19)21)28-16-18-9-10-22(27-15-18)29-13-5-6-14-29/h3-4,7-10,15,17,26H,2,5-6,11-14,16H2,1H3,(H2,24,25,28). The Bertz CT molecular complexity index is 937. The lowest BCUT2D eigenvalue weighted by Crippen LogP contribution is -2.38. The smallest absolute Gasteiger partial charge is 0.191 e. The van der Waals surface area contributed by atoms with Crippen LogP contribution >= 0.6 is 0 Å². The van der Waals surface area contributed by atoms with Gasteiger partial charge in [0.2, 0.25) is 0 Å². The summed E-state index contributed by atoms with van der Waals surface area (Å²) in [5.74, 6) is 1.93. The highest BCUT2D eigenvalue weighted by Gasteiger charge is 2.12. The Morgan fingerprint density at radius 2 is 2.00 bits per heavy atom. The van der Waals surface area contributed by atoms with Gasteiger partial charge in [-0.05, 0) is 49.4 Å². The first-order chi connectivity index (χ1) is 14.3. The number of H-pyrrole nitrogens is 1. The topological polar surface area (TPSA) is 68.3 Å². The minimum absolute atomic E-state index is 0.621. The van der Waals surface area contributed by atoms with E-state index in [1.807, 2.05) is 6.20 Å². The molecule has 3 aromatic rings. The van der Waals surface area contributed by atoms with Crippen LogP contribution in [0.2, 0.25) is 0 Å². The Hall–Kier alpha value is -3.02. The number of rotatable bonds is 7. The van der Waals surface area contributed by atoms with Gasteiger partial charge in [0, 0.05) is 49.5 Å². The molecule has 0 bridgehead atoms. The number of pyridine rings is 1. The molecule has 6 nitrogen and oxygen atoms in total. The summed E-state index contributed by atoms with van der Waals surface area (Å²) in [6.45, 7) is 6.62. The number of nitrogens with zero attached hydrogens (tertiary/aromatic N) is 3. The summed E-state index contributed by atoms with van der Waals surface area (Å²) >= 11 is 0. The second kappa shape index (κ2) is 9.45. The van der Waals surface area contributed by atoms with Crippen molar-refractivity contribution in [1.29, 1.82) is 0 Å². The van der Waals surface area contributed by atoms with Crippen LogP contribution < -0.4 is 15.5 Å². The Labute approximate surface area is 172 Å². The minimum Gasteiger partial charge on any atom is -0.361 e. The number of benzene rings is 1. The maximum Gasteiger partial charge on any atom is 0.191 e. The monoisotopic (exact) mass is 390 g/mol. The summed E-state index contributed by atoms with van der Waals surface area (Å²) in [7, 11) is 0. The summed E-state index contributed by atoms with van der Waals surface area (Å²) in [5.41, 5.74) is 3.64. The lowest BCUT2D eigenvalue weighted by Gasteiger charge is -2.16. The van der Waals surface area contributed by atoms with E-state index in [1.165, 1.54) is 29.3 Å². The van der Waals surface area contributed by atoms with E-state index in [9.17, 15) is 0 Å². The van der Waals surface area contributed by atoms with Gasteiger partial charge in [0.1, 0.15) is 5.82 Å². The van der Waals surface area contributed by atoms with Gasteiger partial charge in [0.15, 0.2) is 5.96 Å². The van der Waals surface area contributed by atoms with Gasteiger partial charge in [-0.25, -0.2) is 9.98 Å². The van der Waals surface area contributed by atoms with Gasteiger partial charge in [0.25, 0.3) is 0 Å². The number of anilines is 1. The molecular formula is C23H30N6. The molecule has 1 aliphatic heterocycles. The highest BCUT2D eigenvalue weighted by atomic mass is 15.2. The van der Waals surface area contributed by atoms with E-state index in [2.05, 4.69) is 75.0 Å². The van der Waals surface area contributed by atoms with Crippen molar-refractivity contribution in [3.63, 3.8) is 0 Å². The fourth-order valence-electron chi connectivity index (χ4n) is 3.81. The molecule has 4 rings (SSSR count). The zero-order valence-corrected chi connectivity index (χ0v) is 17.1. The first-order valence-electron chi connectivity index (χ1n) is 10.6. The fourth-order valence-corrected chi connectivity index (χ4v) is 3.81. The van der Waals surface area contributed by atoms with Crippen molar-refractivity contribution < 1.29 is 0 Å². The number of guanidine groups is 1. The summed E-state index contributed by atoms with van der Waals surface area (Å²) in [6, 6.07) is 12.7. The van der Waals surface area contributed by atoms with Crippen molar-refractivity contribution in [2.24, 2.45) is 4.99 Å². The average molecular weight is 391 g/mol. The zero-order chi connectivity index (χ0) is 19.9. The van der Waals surface area contributed by atoms with Crippen molar-refractivity contribution in [2.45, 2.75) is 32.7 Å². The second-order valence-electron chi connectivity index (χ2n) is 7.45. The molecule has 1 aliphatic rings. The second-order valence-corrected chi connectivity index (χ2v) is 7.45. The first-order valence-corrected chi connectivity index (χ1v) is 10.6. The van der Waals surface area contributed by atoms with Crippen LogP contribution in [-0.2, 0) is 13.0 Å². The molecule has 1 aromatic carbocycles. The molecule has 0 aliphatic carbocycles. The molecule has 0 saturated carbocycles. The molecule has 0 amide bonds. The van der Waals surface area contributed by atoms with Crippen LogP contribution in [0.4, 0.5) is 5.82 Å². The minimum atomic E-state index is 0.621. The molecule has 152 valence electrons. The molecule has 6 heteroatoms. The van der Waals surface area contributed by atoms with Crippen LogP contribution in [0.3, 0.4) is 0 Å². The van der Waals surface area contributed by atoms with Crippen LogP contribution in [0.15, 0.2) is 53.8 Å². The van der Waals surface area contributed by atoms with Gasteiger partial charge < -0.3 is 20.5 Å². The number of hydrogen-bond acceptors (Lipinski definition) is 3. The van der Waals surface area contributed by atoms with E-state index in [4.69, 9.17) is 4.99 Å². The van der Waals surface area contributed by atoms with Gasteiger partial charge in [-0.15, -0.1) is 0 Å². The number of aromatic nitrogens is 2. The van der Waals surface area contributed by atoms with Crippen molar-refractivity contribution >= 4 is 22.7 Å².